The van der Waals surface area contributed by atoms with Gasteiger partial charge in [0.2, 0.25) is 5.95 Å². The van der Waals surface area contributed by atoms with Crippen LogP contribution in [0.25, 0.3) is 20.8 Å². The molecule has 1 aromatic carbocycles. The first-order valence-electron chi connectivity index (χ1n) is 13.0. The van der Waals surface area contributed by atoms with E-state index in [9.17, 15) is 28.5 Å². The smallest absolute Gasteiger partial charge is 0.404 e. The number of thiazole rings is 1. The lowest BCUT2D eigenvalue weighted by atomic mass is 10.1. The Bertz CT molecular complexity index is 1610. The van der Waals surface area contributed by atoms with Crippen molar-refractivity contribution in [2.45, 2.75) is 57.8 Å². The minimum Gasteiger partial charge on any atom is -0.404 e. The number of alkyl halides is 3. The van der Waals surface area contributed by atoms with E-state index in [4.69, 9.17) is 16.6 Å². The van der Waals surface area contributed by atoms with Gasteiger partial charge in [-0.15, -0.1) is 24.5 Å². The van der Waals surface area contributed by atoms with Gasteiger partial charge in [0.05, 0.1) is 44.9 Å². The molecule has 5 N–H and O–H groups in total. The SMILES string of the molecule is Cc1nc(N[C@H](C)c2ccc(OC(F)(F)F)c(Cl)c2)nc(NC2C[C@H](CO)[C@@H](O)[C@H]2O)c1-c1nc2c(C)nccc2s1. The lowest BCUT2D eigenvalue weighted by Gasteiger charge is -2.22. The Morgan fingerprint density at radius 1 is 1.12 bits per heavy atom. The van der Waals surface area contributed by atoms with Gasteiger partial charge in [-0.1, -0.05) is 17.7 Å². The minimum atomic E-state index is -4.87. The summed E-state index contributed by atoms with van der Waals surface area (Å²) < 4.78 is 42.8. The molecule has 224 valence electrons. The minimum absolute atomic E-state index is 0.198. The molecule has 42 heavy (non-hydrogen) atoms. The van der Waals surface area contributed by atoms with E-state index in [0.717, 1.165) is 22.0 Å². The molecular formula is C27H28ClF3N6O4S. The number of aromatic nitrogens is 4. The van der Waals surface area contributed by atoms with Crippen molar-refractivity contribution >= 4 is 44.9 Å². The number of ether oxygens (including phenoxy) is 1. The lowest BCUT2D eigenvalue weighted by molar-refractivity contribution is -0.274. The predicted octanol–water partition coefficient (Wildman–Crippen LogP) is 5.00. The van der Waals surface area contributed by atoms with Crippen molar-refractivity contribution < 1.29 is 33.2 Å². The molecule has 3 heterocycles. The van der Waals surface area contributed by atoms with Gasteiger partial charge in [-0.3, -0.25) is 4.98 Å². The van der Waals surface area contributed by atoms with Crippen molar-refractivity contribution in [1.29, 1.82) is 0 Å². The second-order valence-electron chi connectivity index (χ2n) is 10.1. The molecule has 1 aliphatic rings. The number of hydrogen-bond acceptors (Lipinski definition) is 11. The zero-order valence-electron chi connectivity index (χ0n) is 22.6. The van der Waals surface area contributed by atoms with Crippen LogP contribution in [0.2, 0.25) is 5.02 Å². The van der Waals surface area contributed by atoms with Gasteiger partial charge >= 0.3 is 6.36 Å². The van der Waals surface area contributed by atoms with Crippen LogP contribution in [0.15, 0.2) is 30.5 Å². The molecule has 0 radical (unpaired) electrons. The van der Waals surface area contributed by atoms with Crippen molar-refractivity contribution in [1.82, 2.24) is 19.9 Å². The standard InChI is InChI=1S/C27H28ClF3N6O4S/c1-11(14-4-5-18(16(28)8-14)41-27(29,30)31)33-26-34-12(2)20(25-36-21-13(3)32-7-6-19(21)42-25)24(37-26)35-17-9-15(10-38)22(39)23(17)40/h4-8,11,15,17,22-23,38-40H,9-10H2,1-3H3,(H2,33,34,35,37)/t11-,15-,17?,22-,23+/m1/s1. The summed E-state index contributed by atoms with van der Waals surface area (Å²) in [5, 5.41) is 37.5. The fourth-order valence-electron chi connectivity index (χ4n) is 4.98. The first-order chi connectivity index (χ1) is 19.8. The number of hydrogen-bond donors (Lipinski definition) is 5. The third kappa shape index (κ3) is 6.22. The highest BCUT2D eigenvalue weighted by Gasteiger charge is 2.41. The van der Waals surface area contributed by atoms with E-state index in [0.29, 0.717) is 34.1 Å². The number of aliphatic hydroxyl groups is 3. The van der Waals surface area contributed by atoms with Gasteiger partial charge in [0.1, 0.15) is 28.2 Å². The molecule has 0 saturated heterocycles. The molecule has 4 aromatic rings. The van der Waals surface area contributed by atoms with E-state index in [1.165, 1.54) is 23.5 Å². The normalized spacial score (nSPS) is 21.5. The van der Waals surface area contributed by atoms with Gasteiger partial charge in [0.25, 0.3) is 0 Å². The van der Waals surface area contributed by atoms with Crippen molar-refractivity contribution in [3.8, 4) is 16.3 Å². The van der Waals surface area contributed by atoms with Crippen LogP contribution in [0.1, 0.15) is 36.3 Å². The van der Waals surface area contributed by atoms with Gasteiger partial charge in [-0.25, -0.2) is 9.97 Å². The molecular weight excluding hydrogens is 597 g/mol. The number of rotatable bonds is 8. The Kier molecular flexibility index (Phi) is 8.45. The van der Waals surface area contributed by atoms with Crippen LogP contribution in [0.5, 0.6) is 5.75 Å². The number of nitrogens with one attached hydrogen (secondary N) is 2. The fourth-order valence-corrected chi connectivity index (χ4v) is 6.32. The maximum Gasteiger partial charge on any atom is 0.573 e. The van der Waals surface area contributed by atoms with Gasteiger partial charge in [0.15, 0.2) is 0 Å². The Balaban J connectivity index is 1.50. The van der Waals surface area contributed by atoms with Gasteiger partial charge in [0, 0.05) is 18.7 Å². The van der Waals surface area contributed by atoms with Gasteiger partial charge < -0.3 is 30.7 Å². The number of anilines is 2. The largest absolute Gasteiger partial charge is 0.573 e. The van der Waals surface area contributed by atoms with E-state index in [1.807, 2.05) is 13.0 Å². The number of nitrogens with zero attached hydrogens (tertiary/aromatic N) is 4. The topological polar surface area (TPSA) is 146 Å². The first-order valence-corrected chi connectivity index (χ1v) is 14.2. The summed E-state index contributed by atoms with van der Waals surface area (Å²) in [6.45, 7) is 5.13. The molecule has 0 aliphatic heterocycles. The Labute approximate surface area is 247 Å². The molecule has 1 unspecified atom stereocenters. The van der Waals surface area contributed by atoms with Crippen LogP contribution < -0.4 is 15.4 Å². The van der Waals surface area contributed by atoms with Crippen LogP contribution in [0.4, 0.5) is 24.9 Å². The highest BCUT2D eigenvalue weighted by Crippen LogP contribution is 2.39. The average molecular weight is 625 g/mol. The summed E-state index contributed by atoms with van der Waals surface area (Å²) in [5.41, 5.74) is 3.22. The molecule has 3 aromatic heterocycles. The zero-order valence-corrected chi connectivity index (χ0v) is 24.2. The predicted molar refractivity (Wildman–Crippen MR) is 153 cm³/mol. The van der Waals surface area contributed by atoms with Crippen molar-refractivity contribution in [3.05, 3.63) is 52.4 Å². The number of aliphatic hydroxyl groups excluding tert-OH is 3. The Morgan fingerprint density at radius 3 is 2.52 bits per heavy atom. The third-order valence-electron chi connectivity index (χ3n) is 7.18. The average Bonchev–Trinajstić information content (AvgIpc) is 3.46. The summed E-state index contributed by atoms with van der Waals surface area (Å²) in [6.07, 6.45) is -5.13. The number of halogens is 4. The summed E-state index contributed by atoms with van der Waals surface area (Å²) in [7, 11) is 0. The van der Waals surface area contributed by atoms with Crippen LogP contribution in [0.3, 0.4) is 0 Å². The molecule has 1 fully saturated rings. The number of benzene rings is 1. The van der Waals surface area contributed by atoms with Gasteiger partial charge in [-0.05, 0) is 51.0 Å². The molecule has 10 nitrogen and oxygen atoms in total. The molecule has 1 saturated carbocycles. The van der Waals surface area contributed by atoms with Crippen molar-refractivity contribution in [3.63, 3.8) is 0 Å². The van der Waals surface area contributed by atoms with Crippen molar-refractivity contribution in [2.75, 3.05) is 17.2 Å². The van der Waals surface area contributed by atoms with E-state index in [-0.39, 0.29) is 17.6 Å². The second-order valence-corrected chi connectivity index (χ2v) is 11.6. The van der Waals surface area contributed by atoms with Crippen molar-refractivity contribution in [2.24, 2.45) is 5.92 Å². The molecule has 5 atom stereocenters. The molecule has 5 rings (SSSR count). The lowest BCUT2D eigenvalue weighted by Crippen LogP contribution is -2.35. The Morgan fingerprint density at radius 2 is 1.88 bits per heavy atom. The molecule has 0 amide bonds. The highest BCUT2D eigenvalue weighted by atomic mass is 35.5. The zero-order chi connectivity index (χ0) is 30.3. The van der Waals surface area contributed by atoms with E-state index in [1.54, 1.807) is 20.0 Å². The molecule has 15 heteroatoms. The maximum atomic E-state index is 12.6. The molecule has 1 aliphatic carbocycles. The quantitative estimate of drug-likeness (QED) is 0.181. The summed E-state index contributed by atoms with van der Waals surface area (Å²) >= 11 is 7.47. The van der Waals surface area contributed by atoms with Crippen LogP contribution in [0, 0.1) is 19.8 Å². The fraction of sp³-hybridized carbons (Fsp3) is 0.407. The third-order valence-corrected chi connectivity index (χ3v) is 8.51. The van der Waals surface area contributed by atoms with E-state index < -0.39 is 42.3 Å². The summed E-state index contributed by atoms with van der Waals surface area (Å²) in [4.78, 5) is 18.4. The second kappa shape index (κ2) is 11.8. The van der Waals surface area contributed by atoms with Gasteiger partial charge in [-0.2, -0.15) is 4.98 Å². The summed E-state index contributed by atoms with van der Waals surface area (Å²) in [6, 6.07) is 4.73. The summed E-state index contributed by atoms with van der Waals surface area (Å²) in [5.74, 6) is -0.470. The van der Waals surface area contributed by atoms with Crippen LogP contribution in [-0.4, -0.2) is 66.5 Å². The van der Waals surface area contributed by atoms with E-state index in [2.05, 4.69) is 30.3 Å². The molecule has 0 bridgehead atoms. The monoisotopic (exact) mass is 624 g/mol. The maximum absolute atomic E-state index is 12.6. The van der Waals surface area contributed by atoms with E-state index >= 15 is 0 Å². The molecule has 0 spiro atoms. The van der Waals surface area contributed by atoms with Crippen LogP contribution in [-0.2, 0) is 0 Å². The highest BCUT2D eigenvalue weighted by molar-refractivity contribution is 7.21. The first kappa shape index (κ1) is 30.2. The number of pyridine rings is 1. The number of fused-ring (bicyclic) bond motifs is 1. The van der Waals surface area contributed by atoms with Crippen LogP contribution >= 0.6 is 22.9 Å². The number of aryl methyl sites for hydroxylation is 2. The Hall–Kier alpha value is -3.30.